The van der Waals surface area contributed by atoms with Gasteiger partial charge in [-0.2, -0.15) is 0 Å². The van der Waals surface area contributed by atoms with Crippen molar-refractivity contribution < 1.29 is 14.6 Å². The number of carbonyl (C=O) groups is 1. The number of aliphatic hydroxyl groups is 1. The maximum absolute atomic E-state index is 12.9. The first kappa shape index (κ1) is 23.7. The van der Waals surface area contributed by atoms with E-state index in [4.69, 9.17) is 4.74 Å². The van der Waals surface area contributed by atoms with Crippen molar-refractivity contribution in [3.8, 4) is 22.5 Å². The number of hydrogen-bond donors (Lipinski definition) is 2. The van der Waals surface area contributed by atoms with Crippen molar-refractivity contribution in [3.63, 3.8) is 0 Å². The number of esters is 1. The number of nitrogens with zero attached hydrogens (tertiary/aromatic N) is 5. The van der Waals surface area contributed by atoms with Crippen LogP contribution < -0.4 is 0 Å². The molecule has 0 unspecified atom stereocenters. The highest BCUT2D eigenvalue weighted by Crippen LogP contribution is 2.31. The van der Waals surface area contributed by atoms with E-state index in [2.05, 4.69) is 25.6 Å². The van der Waals surface area contributed by atoms with Crippen molar-refractivity contribution in [2.24, 2.45) is 0 Å². The summed E-state index contributed by atoms with van der Waals surface area (Å²) in [5, 5.41) is 25.5. The highest BCUT2D eigenvalue weighted by Gasteiger charge is 2.32. The first-order chi connectivity index (χ1) is 16.3. The van der Waals surface area contributed by atoms with Crippen LogP contribution in [0.15, 0.2) is 53.7 Å². The van der Waals surface area contributed by atoms with E-state index in [0.29, 0.717) is 23.2 Å². The van der Waals surface area contributed by atoms with Gasteiger partial charge in [0.05, 0.1) is 5.69 Å². The second kappa shape index (κ2) is 9.78. The predicted molar refractivity (Wildman–Crippen MR) is 129 cm³/mol. The number of thioether (sulfide) groups is 1. The zero-order chi connectivity index (χ0) is 24.3. The van der Waals surface area contributed by atoms with Crippen LogP contribution in [0.25, 0.3) is 22.5 Å². The van der Waals surface area contributed by atoms with Crippen LogP contribution in [0, 0.1) is 0 Å². The minimum Gasteiger partial charge on any atom is -0.456 e. The number of benzene rings is 2. The Morgan fingerprint density at radius 2 is 1.85 bits per heavy atom. The van der Waals surface area contributed by atoms with Gasteiger partial charge in [-0.25, -0.2) is 14.9 Å². The minimum absolute atomic E-state index is 0.0890. The molecule has 0 aliphatic heterocycles. The third-order valence-corrected chi connectivity index (χ3v) is 6.04. The second-order valence-electron chi connectivity index (χ2n) is 8.17. The number of rotatable bonds is 8. The number of H-pyrrole nitrogens is 1. The molecule has 0 amide bonds. The molecule has 0 fully saturated rings. The van der Waals surface area contributed by atoms with Crippen LogP contribution in [-0.2, 0) is 23.5 Å². The van der Waals surface area contributed by atoms with Gasteiger partial charge in [-0.15, -0.1) is 5.10 Å². The maximum atomic E-state index is 12.9. The number of hydrogen-bond acceptors (Lipinski definition) is 8. The minimum atomic E-state index is -1.24. The molecular formula is C24H26N6O3S. The fourth-order valence-electron chi connectivity index (χ4n) is 3.86. The molecule has 4 rings (SSSR count). The van der Waals surface area contributed by atoms with Gasteiger partial charge >= 0.3 is 5.97 Å². The summed E-state index contributed by atoms with van der Waals surface area (Å²) in [5.74, 6) is 0.0270. The van der Waals surface area contributed by atoms with Gasteiger partial charge in [0.1, 0.15) is 12.2 Å². The quantitative estimate of drug-likeness (QED) is 0.287. The van der Waals surface area contributed by atoms with E-state index in [0.717, 1.165) is 22.3 Å². The standard InChI is InChI=1S/C24H26N6O3S/c1-5-30-20(24(2,3)32)19(25-23(30)34-4)22(31)33-14-15-10-12-16(13-11-15)17-8-6-7-9-18(17)21-26-28-29-27-21/h6-13,32H,5,14H2,1-4H3,(H,26,27,28,29). The Morgan fingerprint density at radius 1 is 1.15 bits per heavy atom. The molecule has 0 atom stereocenters. The molecule has 10 heteroatoms. The molecule has 2 heterocycles. The van der Waals surface area contributed by atoms with Crippen molar-refractivity contribution in [1.29, 1.82) is 0 Å². The number of imidazole rings is 1. The first-order valence-electron chi connectivity index (χ1n) is 10.8. The van der Waals surface area contributed by atoms with Gasteiger partial charge < -0.3 is 14.4 Å². The molecule has 0 radical (unpaired) electrons. The average Bonchev–Trinajstić information content (AvgIpc) is 3.50. The predicted octanol–water partition coefficient (Wildman–Crippen LogP) is 4.06. The topological polar surface area (TPSA) is 119 Å². The molecule has 0 aliphatic carbocycles. The van der Waals surface area contributed by atoms with Crippen molar-refractivity contribution in [1.82, 2.24) is 30.2 Å². The molecule has 2 N–H and O–H groups in total. The van der Waals surface area contributed by atoms with Crippen molar-refractivity contribution in [2.45, 2.75) is 44.7 Å². The molecule has 0 bridgehead atoms. The van der Waals surface area contributed by atoms with E-state index in [-0.39, 0.29) is 12.3 Å². The summed E-state index contributed by atoms with van der Waals surface area (Å²) in [5.41, 5.74) is 3.05. The molecule has 0 saturated carbocycles. The zero-order valence-electron chi connectivity index (χ0n) is 19.4. The molecule has 0 aliphatic rings. The van der Waals surface area contributed by atoms with E-state index in [1.165, 1.54) is 11.8 Å². The van der Waals surface area contributed by atoms with Crippen LogP contribution in [0.4, 0.5) is 0 Å². The third kappa shape index (κ3) is 4.73. The molecular weight excluding hydrogens is 452 g/mol. The Hall–Kier alpha value is -3.50. The Kier molecular flexibility index (Phi) is 6.80. The molecule has 0 saturated heterocycles. The van der Waals surface area contributed by atoms with E-state index in [1.807, 2.05) is 66.3 Å². The third-order valence-electron chi connectivity index (χ3n) is 5.37. The maximum Gasteiger partial charge on any atom is 0.359 e. The summed E-state index contributed by atoms with van der Waals surface area (Å²) in [6.45, 7) is 5.91. The number of aromatic nitrogens is 6. The number of carbonyl (C=O) groups excluding carboxylic acids is 1. The van der Waals surface area contributed by atoms with Crippen LogP contribution >= 0.6 is 11.8 Å². The molecule has 9 nitrogen and oxygen atoms in total. The lowest BCUT2D eigenvalue weighted by molar-refractivity contribution is 0.0421. The number of ether oxygens (including phenoxy) is 1. The fraction of sp³-hybridized carbons (Fsp3) is 0.292. The molecule has 34 heavy (non-hydrogen) atoms. The van der Waals surface area contributed by atoms with E-state index in [1.54, 1.807) is 13.8 Å². The van der Waals surface area contributed by atoms with Crippen molar-refractivity contribution in [2.75, 3.05) is 6.26 Å². The molecule has 0 spiro atoms. The zero-order valence-corrected chi connectivity index (χ0v) is 20.3. The van der Waals surface area contributed by atoms with Crippen LogP contribution in [0.5, 0.6) is 0 Å². The highest BCUT2D eigenvalue weighted by molar-refractivity contribution is 7.98. The molecule has 4 aromatic rings. The van der Waals surface area contributed by atoms with E-state index in [9.17, 15) is 9.90 Å². The van der Waals surface area contributed by atoms with Gasteiger partial charge in [0, 0.05) is 12.1 Å². The lowest BCUT2D eigenvalue weighted by atomic mass is 9.98. The van der Waals surface area contributed by atoms with Gasteiger partial charge in [0.15, 0.2) is 16.7 Å². The summed E-state index contributed by atoms with van der Waals surface area (Å²) in [6.07, 6.45) is 1.89. The van der Waals surface area contributed by atoms with Gasteiger partial charge in [-0.3, -0.25) is 0 Å². The number of tetrazole rings is 1. The highest BCUT2D eigenvalue weighted by atomic mass is 32.2. The summed E-state index contributed by atoms with van der Waals surface area (Å²) in [4.78, 5) is 17.3. The normalized spacial score (nSPS) is 11.6. The van der Waals surface area contributed by atoms with Gasteiger partial charge in [0.2, 0.25) is 0 Å². The Morgan fingerprint density at radius 3 is 2.44 bits per heavy atom. The van der Waals surface area contributed by atoms with Crippen molar-refractivity contribution in [3.05, 3.63) is 65.5 Å². The lowest BCUT2D eigenvalue weighted by Gasteiger charge is -2.21. The number of aromatic amines is 1. The van der Waals surface area contributed by atoms with Crippen LogP contribution in [0.1, 0.15) is 42.5 Å². The fourth-order valence-corrected chi connectivity index (χ4v) is 4.48. The van der Waals surface area contributed by atoms with Crippen molar-refractivity contribution >= 4 is 17.7 Å². The first-order valence-corrected chi connectivity index (χ1v) is 12.0. The Labute approximate surface area is 201 Å². The monoisotopic (exact) mass is 478 g/mol. The second-order valence-corrected chi connectivity index (χ2v) is 8.94. The molecule has 176 valence electrons. The van der Waals surface area contributed by atoms with Crippen LogP contribution in [0.3, 0.4) is 0 Å². The Balaban J connectivity index is 1.53. The molecule has 2 aromatic carbocycles. The molecule has 2 aromatic heterocycles. The smallest absolute Gasteiger partial charge is 0.359 e. The van der Waals surface area contributed by atoms with E-state index >= 15 is 0 Å². The Bertz CT molecular complexity index is 1280. The average molecular weight is 479 g/mol. The lowest BCUT2D eigenvalue weighted by Crippen LogP contribution is -2.24. The van der Waals surface area contributed by atoms with Gasteiger partial charge in [-0.1, -0.05) is 60.3 Å². The van der Waals surface area contributed by atoms with Crippen LogP contribution in [0.2, 0.25) is 0 Å². The number of nitrogens with one attached hydrogen (secondary N) is 1. The van der Waals surface area contributed by atoms with Gasteiger partial charge in [-0.05, 0) is 54.1 Å². The largest absolute Gasteiger partial charge is 0.456 e. The summed E-state index contributed by atoms with van der Waals surface area (Å²) < 4.78 is 7.41. The summed E-state index contributed by atoms with van der Waals surface area (Å²) >= 11 is 1.42. The van der Waals surface area contributed by atoms with Crippen LogP contribution in [-0.4, -0.2) is 47.5 Å². The van der Waals surface area contributed by atoms with E-state index < -0.39 is 11.6 Å². The van der Waals surface area contributed by atoms with Gasteiger partial charge in [0.25, 0.3) is 0 Å². The SMILES string of the molecule is CCn1c(SC)nc(C(=O)OCc2ccc(-c3ccccc3-c3nnn[nH]3)cc2)c1C(C)(C)O. The summed E-state index contributed by atoms with van der Waals surface area (Å²) in [7, 11) is 0. The summed E-state index contributed by atoms with van der Waals surface area (Å²) in [6, 6.07) is 15.6.